The summed E-state index contributed by atoms with van der Waals surface area (Å²) in [5.41, 5.74) is 1.59. The van der Waals surface area contributed by atoms with E-state index < -0.39 is 0 Å². The fourth-order valence-corrected chi connectivity index (χ4v) is 5.84. The van der Waals surface area contributed by atoms with E-state index in [1.54, 1.807) is 29.3 Å². The van der Waals surface area contributed by atoms with E-state index >= 15 is 0 Å². The SMILES string of the molecule is CCc1ccc(Oc2nc3ccccn3c(=O)c2/C=C2/SC(=S)N(C3CCCCC3)C2=O)cc1. The van der Waals surface area contributed by atoms with Gasteiger partial charge < -0.3 is 4.74 Å². The number of carbonyl (C=O) groups is 1. The van der Waals surface area contributed by atoms with Crippen molar-refractivity contribution in [3.05, 3.63) is 75.0 Å². The van der Waals surface area contributed by atoms with Crippen LogP contribution in [0.15, 0.2) is 58.4 Å². The summed E-state index contributed by atoms with van der Waals surface area (Å²) in [4.78, 5) is 33.5. The van der Waals surface area contributed by atoms with Crippen molar-refractivity contribution in [2.45, 2.75) is 51.5 Å². The second kappa shape index (κ2) is 9.72. The van der Waals surface area contributed by atoms with E-state index in [1.165, 1.54) is 28.1 Å². The minimum absolute atomic E-state index is 0.135. The Labute approximate surface area is 207 Å². The van der Waals surface area contributed by atoms with Crippen LogP contribution in [0.4, 0.5) is 0 Å². The monoisotopic (exact) mass is 491 g/mol. The molecule has 1 amide bonds. The molecule has 1 aliphatic carbocycles. The van der Waals surface area contributed by atoms with Crippen LogP contribution >= 0.6 is 24.0 Å². The van der Waals surface area contributed by atoms with Crippen molar-refractivity contribution in [2.24, 2.45) is 0 Å². The second-order valence-corrected chi connectivity index (χ2v) is 10.2. The first-order chi connectivity index (χ1) is 16.5. The molecule has 34 heavy (non-hydrogen) atoms. The summed E-state index contributed by atoms with van der Waals surface area (Å²) in [6.07, 6.45) is 9.49. The van der Waals surface area contributed by atoms with Crippen LogP contribution in [-0.4, -0.2) is 30.6 Å². The third-order valence-corrected chi connectivity index (χ3v) is 7.65. The molecule has 0 N–H and O–H groups in total. The standard InChI is InChI=1S/C26H25N3O3S2/c1-2-17-11-13-19(14-12-17)32-23-20(24(30)28-15-7-6-10-22(28)27-23)16-21-25(31)29(26(33)34-21)18-8-4-3-5-9-18/h6-7,10-16,18H,2-5,8-9H2,1H3/b21-16+. The zero-order valence-corrected chi connectivity index (χ0v) is 20.5. The van der Waals surface area contributed by atoms with E-state index in [0.29, 0.717) is 20.6 Å². The smallest absolute Gasteiger partial charge is 0.269 e. The molecule has 174 valence electrons. The molecule has 0 atom stereocenters. The summed E-state index contributed by atoms with van der Waals surface area (Å²) in [7, 11) is 0. The van der Waals surface area contributed by atoms with Gasteiger partial charge in [0.2, 0.25) is 5.88 Å². The maximum atomic E-state index is 13.4. The summed E-state index contributed by atoms with van der Waals surface area (Å²) in [5, 5.41) is 0. The van der Waals surface area contributed by atoms with E-state index in [0.717, 1.165) is 32.1 Å². The molecule has 3 aromatic rings. The van der Waals surface area contributed by atoms with Crippen LogP contribution in [0.5, 0.6) is 11.6 Å². The van der Waals surface area contributed by atoms with Gasteiger partial charge in [-0.1, -0.05) is 68.4 Å². The molecule has 1 saturated carbocycles. The number of hydrogen-bond donors (Lipinski definition) is 0. The van der Waals surface area contributed by atoms with E-state index in [1.807, 2.05) is 30.3 Å². The molecule has 8 heteroatoms. The summed E-state index contributed by atoms with van der Waals surface area (Å²) < 4.78 is 8.09. The van der Waals surface area contributed by atoms with Gasteiger partial charge in [0.05, 0.1) is 4.91 Å². The first-order valence-corrected chi connectivity index (χ1v) is 12.8. The van der Waals surface area contributed by atoms with Gasteiger partial charge >= 0.3 is 0 Å². The first-order valence-electron chi connectivity index (χ1n) is 11.6. The largest absolute Gasteiger partial charge is 0.438 e. The Bertz CT molecular complexity index is 1340. The highest BCUT2D eigenvalue weighted by Crippen LogP contribution is 2.38. The normalized spacial score (nSPS) is 18.3. The summed E-state index contributed by atoms with van der Waals surface area (Å²) in [6.45, 7) is 2.09. The molecule has 0 radical (unpaired) electrons. The van der Waals surface area contributed by atoms with Crippen molar-refractivity contribution >= 4 is 45.9 Å². The van der Waals surface area contributed by atoms with Gasteiger partial charge in [-0.2, -0.15) is 4.98 Å². The molecule has 0 unspecified atom stereocenters. The van der Waals surface area contributed by atoms with Crippen LogP contribution in [-0.2, 0) is 11.2 Å². The molecule has 1 aromatic carbocycles. The Morgan fingerprint density at radius 1 is 1.12 bits per heavy atom. The van der Waals surface area contributed by atoms with Crippen molar-refractivity contribution in [1.29, 1.82) is 0 Å². The van der Waals surface area contributed by atoms with E-state index in [9.17, 15) is 9.59 Å². The highest BCUT2D eigenvalue weighted by atomic mass is 32.2. The zero-order chi connectivity index (χ0) is 23.7. The minimum Gasteiger partial charge on any atom is -0.438 e. The van der Waals surface area contributed by atoms with Crippen LogP contribution < -0.4 is 10.3 Å². The number of aromatic nitrogens is 2. The van der Waals surface area contributed by atoms with Crippen molar-refractivity contribution in [1.82, 2.24) is 14.3 Å². The first kappa shape index (κ1) is 22.8. The van der Waals surface area contributed by atoms with Gasteiger partial charge in [-0.25, -0.2) is 0 Å². The van der Waals surface area contributed by atoms with Gasteiger partial charge in [-0.3, -0.25) is 18.9 Å². The average Bonchev–Trinajstić information content (AvgIpc) is 3.15. The molecule has 5 rings (SSSR count). The molecule has 0 bridgehead atoms. The molecule has 2 aromatic heterocycles. The number of thiocarbonyl (C=S) groups is 1. The highest BCUT2D eigenvalue weighted by molar-refractivity contribution is 8.26. The number of hydrogen-bond acceptors (Lipinski definition) is 6. The van der Waals surface area contributed by atoms with Crippen molar-refractivity contribution in [2.75, 3.05) is 0 Å². The van der Waals surface area contributed by atoms with Gasteiger partial charge in [-0.05, 0) is 55.2 Å². The lowest BCUT2D eigenvalue weighted by Crippen LogP contribution is -2.39. The van der Waals surface area contributed by atoms with E-state index in [2.05, 4.69) is 11.9 Å². The number of amides is 1. The fourth-order valence-electron chi connectivity index (χ4n) is 4.45. The fraction of sp³-hybridized carbons (Fsp3) is 0.308. The predicted octanol–water partition coefficient (Wildman–Crippen LogP) is 5.58. The lowest BCUT2D eigenvalue weighted by Gasteiger charge is -2.29. The van der Waals surface area contributed by atoms with E-state index in [4.69, 9.17) is 17.0 Å². The lowest BCUT2D eigenvalue weighted by atomic mass is 9.94. The van der Waals surface area contributed by atoms with Crippen LogP contribution in [0.2, 0.25) is 0 Å². The van der Waals surface area contributed by atoms with Gasteiger partial charge in [0.15, 0.2) is 0 Å². The number of rotatable bonds is 5. The number of fused-ring (bicyclic) bond motifs is 1. The summed E-state index contributed by atoms with van der Waals surface area (Å²) >= 11 is 6.80. The quantitative estimate of drug-likeness (QED) is 0.343. The number of thioether (sulfide) groups is 1. The van der Waals surface area contributed by atoms with Crippen molar-refractivity contribution in [3.63, 3.8) is 0 Å². The molecular weight excluding hydrogens is 466 g/mol. The summed E-state index contributed by atoms with van der Waals surface area (Å²) in [6, 6.07) is 13.2. The molecule has 1 aliphatic heterocycles. The Morgan fingerprint density at radius 3 is 2.62 bits per heavy atom. The van der Waals surface area contributed by atoms with Gasteiger partial charge in [0.1, 0.15) is 21.3 Å². The Hall–Kier alpha value is -2.97. The maximum Gasteiger partial charge on any atom is 0.269 e. The Morgan fingerprint density at radius 2 is 1.88 bits per heavy atom. The second-order valence-electron chi connectivity index (χ2n) is 8.51. The van der Waals surface area contributed by atoms with E-state index in [-0.39, 0.29) is 29.0 Å². The number of benzene rings is 1. The minimum atomic E-state index is -0.297. The molecule has 6 nitrogen and oxygen atoms in total. The van der Waals surface area contributed by atoms with Crippen molar-refractivity contribution < 1.29 is 9.53 Å². The number of ether oxygens (including phenoxy) is 1. The van der Waals surface area contributed by atoms with Crippen LogP contribution in [0.25, 0.3) is 11.7 Å². The Kier molecular flexibility index (Phi) is 6.52. The molecular formula is C26H25N3O3S2. The van der Waals surface area contributed by atoms with Gasteiger partial charge in [0.25, 0.3) is 11.5 Å². The van der Waals surface area contributed by atoms with Crippen molar-refractivity contribution in [3.8, 4) is 11.6 Å². The molecule has 0 spiro atoms. The molecule has 2 fully saturated rings. The molecule has 1 saturated heterocycles. The highest BCUT2D eigenvalue weighted by Gasteiger charge is 2.37. The third-order valence-electron chi connectivity index (χ3n) is 6.32. The average molecular weight is 492 g/mol. The summed E-state index contributed by atoms with van der Waals surface area (Å²) in [5.74, 6) is 0.606. The number of aryl methyl sites for hydroxylation is 1. The number of nitrogens with zero attached hydrogens (tertiary/aromatic N) is 3. The Balaban J connectivity index is 1.56. The van der Waals surface area contributed by atoms with Gasteiger partial charge in [0, 0.05) is 12.2 Å². The van der Waals surface area contributed by atoms with Gasteiger partial charge in [-0.15, -0.1) is 0 Å². The number of pyridine rings is 1. The topological polar surface area (TPSA) is 63.9 Å². The predicted molar refractivity (Wildman–Crippen MR) is 139 cm³/mol. The zero-order valence-electron chi connectivity index (χ0n) is 18.9. The maximum absolute atomic E-state index is 13.4. The van der Waals surface area contributed by atoms with Crippen LogP contribution in [0, 0.1) is 0 Å². The molecule has 2 aliphatic rings. The van der Waals surface area contributed by atoms with Crippen LogP contribution in [0.1, 0.15) is 50.2 Å². The molecule has 3 heterocycles. The lowest BCUT2D eigenvalue weighted by molar-refractivity contribution is -0.124. The van der Waals surface area contributed by atoms with Crippen LogP contribution in [0.3, 0.4) is 0 Å². The third kappa shape index (κ3) is 4.40. The number of carbonyl (C=O) groups excluding carboxylic acids is 1.